The number of benzene rings is 1. The fourth-order valence-electron chi connectivity index (χ4n) is 4.31. The third kappa shape index (κ3) is 3.57. The number of hydrogen-bond acceptors (Lipinski definition) is 5. The van der Waals surface area contributed by atoms with Crippen molar-refractivity contribution >= 4 is 33.1 Å². The second-order valence-corrected chi connectivity index (χ2v) is 9.38. The molecule has 0 radical (unpaired) electrons. The van der Waals surface area contributed by atoms with Gasteiger partial charge in [-0.2, -0.15) is 10.4 Å². The van der Waals surface area contributed by atoms with Gasteiger partial charge < -0.3 is 5.32 Å². The summed E-state index contributed by atoms with van der Waals surface area (Å²) in [7, 11) is 0. The van der Waals surface area contributed by atoms with Crippen molar-refractivity contribution in [1.29, 1.82) is 5.26 Å². The largest absolute Gasteiger partial charge is 0.312 e. The van der Waals surface area contributed by atoms with Crippen LogP contribution in [0.3, 0.4) is 0 Å². The zero-order chi connectivity index (χ0) is 22.2. The first-order valence-corrected chi connectivity index (χ1v) is 11.7. The topological polar surface area (TPSA) is 83.6 Å². The van der Waals surface area contributed by atoms with Crippen molar-refractivity contribution < 1.29 is 4.79 Å². The van der Waals surface area contributed by atoms with Gasteiger partial charge in [-0.05, 0) is 49.8 Å². The molecule has 6 nitrogen and oxygen atoms in total. The maximum atomic E-state index is 13.5. The number of nitrogens with one attached hydrogen (secondary N) is 1. The van der Waals surface area contributed by atoms with Crippen LogP contribution in [-0.4, -0.2) is 20.7 Å². The molecule has 4 aromatic rings. The van der Waals surface area contributed by atoms with Crippen molar-refractivity contribution in [2.75, 3.05) is 5.32 Å². The molecule has 0 spiro atoms. The van der Waals surface area contributed by atoms with Crippen molar-refractivity contribution in [1.82, 2.24) is 14.8 Å². The van der Waals surface area contributed by atoms with Crippen LogP contribution in [0.25, 0.3) is 22.2 Å². The fraction of sp³-hybridized carbons (Fsp3) is 0.280. The average Bonchev–Trinajstić information content (AvgIpc) is 3.42. The van der Waals surface area contributed by atoms with Crippen LogP contribution in [0, 0.1) is 17.2 Å². The lowest BCUT2D eigenvalue weighted by atomic mass is 9.88. The Labute approximate surface area is 190 Å². The summed E-state index contributed by atoms with van der Waals surface area (Å²) in [6.45, 7) is 5.02. The Kier molecular flexibility index (Phi) is 5.24. The fourth-order valence-corrected chi connectivity index (χ4v) is 5.66. The third-order valence-corrected chi connectivity index (χ3v) is 7.23. The van der Waals surface area contributed by atoms with Crippen LogP contribution in [0.1, 0.15) is 46.6 Å². The van der Waals surface area contributed by atoms with E-state index in [4.69, 9.17) is 4.98 Å². The van der Waals surface area contributed by atoms with Crippen LogP contribution in [0.5, 0.6) is 0 Å². The highest BCUT2D eigenvalue weighted by molar-refractivity contribution is 7.16. The first-order chi connectivity index (χ1) is 15.6. The molecular weight excluding hydrogens is 418 g/mol. The number of aryl methyl sites for hydroxylation is 1. The van der Waals surface area contributed by atoms with Gasteiger partial charge in [0.25, 0.3) is 5.91 Å². The highest BCUT2D eigenvalue weighted by atomic mass is 32.1. The summed E-state index contributed by atoms with van der Waals surface area (Å²) in [4.78, 5) is 19.4. The van der Waals surface area contributed by atoms with Gasteiger partial charge in [-0.25, -0.2) is 4.98 Å². The molecule has 0 bridgehead atoms. The average molecular weight is 442 g/mol. The van der Waals surface area contributed by atoms with Crippen molar-refractivity contribution in [3.8, 4) is 17.3 Å². The quantitative estimate of drug-likeness (QED) is 0.458. The van der Waals surface area contributed by atoms with Crippen LogP contribution in [-0.2, 0) is 19.4 Å². The Morgan fingerprint density at radius 1 is 1.38 bits per heavy atom. The maximum Gasteiger partial charge on any atom is 0.257 e. The second-order valence-electron chi connectivity index (χ2n) is 8.28. The second kappa shape index (κ2) is 8.21. The number of anilines is 1. The van der Waals surface area contributed by atoms with Crippen molar-refractivity contribution in [2.24, 2.45) is 5.92 Å². The first-order valence-electron chi connectivity index (χ1n) is 10.9. The first kappa shape index (κ1) is 20.4. The van der Waals surface area contributed by atoms with Crippen molar-refractivity contribution in [3.05, 3.63) is 64.3 Å². The number of carbonyl (C=O) groups excluding carboxylic acids is 1. The van der Waals surface area contributed by atoms with Crippen molar-refractivity contribution in [3.63, 3.8) is 0 Å². The number of pyridine rings is 1. The van der Waals surface area contributed by atoms with E-state index in [0.717, 1.165) is 47.8 Å². The summed E-state index contributed by atoms with van der Waals surface area (Å²) in [5.41, 5.74) is 4.59. The summed E-state index contributed by atoms with van der Waals surface area (Å²) < 4.78 is 1.84. The Morgan fingerprint density at radius 3 is 3.00 bits per heavy atom. The minimum absolute atomic E-state index is 0.226. The van der Waals surface area contributed by atoms with Crippen LogP contribution in [0.4, 0.5) is 5.00 Å². The van der Waals surface area contributed by atoms with E-state index in [1.807, 2.05) is 48.1 Å². The van der Waals surface area contributed by atoms with Gasteiger partial charge in [-0.1, -0.05) is 25.1 Å². The van der Waals surface area contributed by atoms with Gasteiger partial charge in [0.1, 0.15) is 11.1 Å². The number of aromatic nitrogens is 3. The smallest absolute Gasteiger partial charge is 0.257 e. The Hall–Kier alpha value is -3.50. The normalized spacial score (nSPS) is 15.3. The van der Waals surface area contributed by atoms with E-state index >= 15 is 0 Å². The van der Waals surface area contributed by atoms with E-state index < -0.39 is 0 Å². The highest BCUT2D eigenvalue weighted by Crippen LogP contribution is 2.39. The number of hydrogen-bond donors (Lipinski definition) is 1. The summed E-state index contributed by atoms with van der Waals surface area (Å²) in [5.74, 6) is 0.378. The highest BCUT2D eigenvalue weighted by Gasteiger charge is 2.25. The molecule has 1 aliphatic carbocycles. The summed E-state index contributed by atoms with van der Waals surface area (Å²) in [6.07, 6.45) is 6.64. The maximum absolute atomic E-state index is 13.5. The van der Waals surface area contributed by atoms with Gasteiger partial charge >= 0.3 is 0 Å². The summed E-state index contributed by atoms with van der Waals surface area (Å²) in [6, 6.07) is 11.8. The Bertz CT molecular complexity index is 1380. The molecule has 0 saturated carbocycles. The van der Waals surface area contributed by atoms with Gasteiger partial charge in [0, 0.05) is 28.6 Å². The number of carbonyl (C=O) groups is 1. The zero-order valence-corrected chi connectivity index (χ0v) is 18.9. The molecule has 3 heterocycles. The number of fused-ring (bicyclic) bond motifs is 2. The molecule has 7 heteroatoms. The third-order valence-electron chi connectivity index (χ3n) is 6.06. The molecule has 1 aliphatic rings. The minimum atomic E-state index is -0.226. The van der Waals surface area contributed by atoms with E-state index in [1.54, 1.807) is 17.5 Å². The molecule has 1 N–H and O–H groups in total. The molecule has 32 heavy (non-hydrogen) atoms. The Morgan fingerprint density at radius 2 is 2.22 bits per heavy atom. The number of thiophene rings is 1. The molecule has 0 saturated heterocycles. The molecule has 0 aliphatic heterocycles. The SMILES string of the molecule is CCn1cc(-c2cc(C(=O)Nc3sc4c(c3C#N)CCC(C)C4)c3ccccc3n2)cn1. The molecule has 1 atom stereocenters. The van der Waals surface area contributed by atoms with E-state index in [1.165, 1.54) is 4.88 Å². The van der Waals surface area contributed by atoms with Gasteiger partial charge in [-0.15, -0.1) is 11.3 Å². The lowest BCUT2D eigenvalue weighted by Crippen LogP contribution is -2.13. The van der Waals surface area contributed by atoms with E-state index in [2.05, 4.69) is 23.4 Å². The number of amides is 1. The molecule has 0 fully saturated rings. The lowest BCUT2D eigenvalue weighted by molar-refractivity contribution is 0.102. The molecule has 3 aromatic heterocycles. The van der Waals surface area contributed by atoms with Gasteiger partial charge in [0.2, 0.25) is 0 Å². The van der Waals surface area contributed by atoms with Crippen LogP contribution in [0.15, 0.2) is 42.7 Å². The standard InChI is InChI=1S/C25H23N5OS/c1-3-30-14-16(13-27-30)22-11-19(17-6-4-5-7-21(17)28-22)24(31)29-25-20(12-26)18-9-8-15(2)10-23(18)32-25/h4-7,11,13-15H,3,8-10H2,1-2H3,(H,29,31). The van der Waals surface area contributed by atoms with Gasteiger partial charge in [-0.3, -0.25) is 9.48 Å². The van der Waals surface area contributed by atoms with E-state index in [0.29, 0.717) is 27.7 Å². The number of rotatable bonds is 4. The van der Waals surface area contributed by atoms with E-state index in [9.17, 15) is 10.1 Å². The molecule has 1 aromatic carbocycles. The van der Waals surface area contributed by atoms with Gasteiger partial charge in [0.05, 0.1) is 28.5 Å². The molecule has 5 rings (SSSR count). The molecule has 160 valence electrons. The monoisotopic (exact) mass is 441 g/mol. The van der Waals surface area contributed by atoms with Crippen molar-refractivity contribution in [2.45, 2.75) is 39.7 Å². The van der Waals surface area contributed by atoms with Gasteiger partial charge in [0.15, 0.2) is 0 Å². The number of nitrogens with zero attached hydrogens (tertiary/aromatic N) is 4. The minimum Gasteiger partial charge on any atom is -0.312 e. The predicted octanol–water partition coefficient (Wildman–Crippen LogP) is 5.43. The number of para-hydroxylation sites is 1. The molecular formula is C25H23N5OS. The summed E-state index contributed by atoms with van der Waals surface area (Å²) >= 11 is 1.54. The Balaban J connectivity index is 1.56. The lowest BCUT2D eigenvalue weighted by Gasteiger charge is -2.17. The number of nitriles is 1. The molecule has 1 amide bonds. The van der Waals surface area contributed by atoms with Crippen LogP contribution < -0.4 is 5.32 Å². The predicted molar refractivity (Wildman–Crippen MR) is 127 cm³/mol. The molecule has 1 unspecified atom stereocenters. The zero-order valence-electron chi connectivity index (χ0n) is 18.1. The van der Waals surface area contributed by atoms with Crippen LogP contribution in [0.2, 0.25) is 0 Å². The van der Waals surface area contributed by atoms with Crippen LogP contribution >= 0.6 is 11.3 Å². The summed E-state index contributed by atoms with van der Waals surface area (Å²) in [5, 5.41) is 18.6. The van der Waals surface area contributed by atoms with E-state index in [-0.39, 0.29) is 5.91 Å².